The van der Waals surface area contributed by atoms with Crippen molar-refractivity contribution in [2.75, 3.05) is 32.8 Å². The third-order valence-corrected chi connectivity index (χ3v) is 4.62. The van der Waals surface area contributed by atoms with E-state index in [0.29, 0.717) is 23.3 Å². The number of aryl methyl sites for hydroxylation is 1. The number of carbonyl (C=O) groups is 1. The van der Waals surface area contributed by atoms with E-state index in [4.69, 9.17) is 9.26 Å². The molecular weight excluding hydrogens is 270 g/mol. The Bertz CT molecular complexity index is 474. The first kappa shape index (κ1) is 14.5. The van der Waals surface area contributed by atoms with Crippen LogP contribution in [0.2, 0.25) is 0 Å². The molecule has 2 fully saturated rings. The van der Waals surface area contributed by atoms with Gasteiger partial charge in [-0.3, -0.25) is 9.69 Å². The van der Waals surface area contributed by atoms with Gasteiger partial charge < -0.3 is 14.6 Å². The smallest absolute Gasteiger partial charge is 0.256 e. The van der Waals surface area contributed by atoms with Crippen molar-refractivity contribution in [2.24, 2.45) is 5.92 Å². The van der Waals surface area contributed by atoms with Gasteiger partial charge in [0.2, 0.25) is 0 Å². The third-order valence-electron chi connectivity index (χ3n) is 4.62. The van der Waals surface area contributed by atoms with E-state index < -0.39 is 0 Å². The van der Waals surface area contributed by atoms with Crippen LogP contribution in [-0.2, 0) is 4.74 Å². The molecule has 3 heterocycles. The van der Waals surface area contributed by atoms with Gasteiger partial charge in [0.15, 0.2) is 0 Å². The average Bonchev–Trinajstić information content (AvgIpc) is 3.16. The molecule has 1 N–H and O–H groups in total. The fraction of sp³-hybridized carbons (Fsp3) is 0.733. The van der Waals surface area contributed by atoms with Gasteiger partial charge in [-0.05, 0) is 45.2 Å². The zero-order chi connectivity index (χ0) is 14.7. The Morgan fingerprint density at radius 1 is 1.43 bits per heavy atom. The maximum atomic E-state index is 12.0. The lowest BCUT2D eigenvalue weighted by Gasteiger charge is -2.35. The molecule has 0 bridgehead atoms. The summed E-state index contributed by atoms with van der Waals surface area (Å²) in [5.74, 6) is 1.05. The number of piperidine rings is 1. The van der Waals surface area contributed by atoms with Crippen LogP contribution in [0.4, 0.5) is 0 Å². The molecule has 21 heavy (non-hydrogen) atoms. The number of nitrogens with one attached hydrogen (secondary N) is 1. The van der Waals surface area contributed by atoms with Crippen LogP contribution in [0, 0.1) is 12.8 Å². The summed E-state index contributed by atoms with van der Waals surface area (Å²) in [6.45, 7) is 6.50. The lowest BCUT2D eigenvalue weighted by molar-refractivity contribution is 0.0910. The fourth-order valence-electron chi connectivity index (χ4n) is 3.18. The Hall–Kier alpha value is -1.40. The van der Waals surface area contributed by atoms with Gasteiger partial charge in [0.1, 0.15) is 11.3 Å². The maximum absolute atomic E-state index is 12.0. The molecule has 0 aromatic carbocycles. The zero-order valence-corrected chi connectivity index (χ0v) is 12.5. The van der Waals surface area contributed by atoms with Crippen LogP contribution in [0.15, 0.2) is 10.7 Å². The lowest BCUT2D eigenvalue weighted by Crippen LogP contribution is -2.44. The molecule has 1 amide bonds. The lowest BCUT2D eigenvalue weighted by atomic mass is 9.95. The minimum Gasteiger partial charge on any atom is -0.380 e. The summed E-state index contributed by atoms with van der Waals surface area (Å²) >= 11 is 0. The van der Waals surface area contributed by atoms with Gasteiger partial charge in [-0.15, -0.1) is 0 Å². The van der Waals surface area contributed by atoms with E-state index >= 15 is 0 Å². The summed E-state index contributed by atoms with van der Waals surface area (Å²) in [6.07, 6.45) is 4.92. The number of rotatable bonds is 4. The minimum absolute atomic E-state index is 0.0830. The minimum atomic E-state index is -0.0830. The molecule has 2 saturated heterocycles. The van der Waals surface area contributed by atoms with Crippen molar-refractivity contribution >= 4 is 5.91 Å². The Kier molecular flexibility index (Phi) is 4.55. The number of hydrogen-bond acceptors (Lipinski definition) is 5. The average molecular weight is 293 g/mol. The van der Waals surface area contributed by atoms with E-state index in [9.17, 15) is 4.79 Å². The highest BCUT2D eigenvalue weighted by atomic mass is 16.5. The molecule has 0 radical (unpaired) electrons. The third kappa shape index (κ3) is 3.44. The Morgan fingerprint density at radius 3 is 2.86 bits per heavy atom. The first-order chi connectivity index (χ1) is 10.2. The molecule has 1 unspecified atom stereocenters. The van der Waals surface area contributed by atoms with Gasteiger partial charge in [0.05, 0.1) is 12.8 Å². The molecule has 2 aliphatic rings. The van der Waals surface area contributed by atoms with Gasteiger partial charge in [0.25, 0.3) is 5.91 Å². The topological polar surface area (TPSA) is 67.6 Å². The molecule has 6 nitrogen and oxygen atoms in total. The molecule has 0 spiro atoms. The predicted molar refractivity (Wildman–Crippen MR) is 77.1 cm³/mol. The normalized spacial score (nSPS) is 24.3. The zero-order valence-electron chi connectivity index (χ0n) is 12.5. The van der Waals surface area contributed by atoms with E-state index in [1.54, 1.807) is 6.92 Å². The van der Waals surface area contributed by atoms with Crippen molar-refractivity contribution in [1.29, 1.82) is 0 Å². The summed E-state index contributed by atoms with van der Waals surface area (Å²) in [5, 5.41) is 6.64. The van der Waals surface area contributed by atoms with Crippen LogP contribution in [0.25, 0.3) is 0 Å². The van der Waals surface area contributed by atoms with Crippen molar-refractivity contribution in [3.63, 3.8) is 0 Å². The van der Waals surface area contributed by atoms with Gasteiger partial charge in [0, 0.05) is 19.2 Å². The first-order valence-corrected chi connectivity index (χ1v) is 7.75. The molecule has 1 aromatic rings. The fourth-order valence-corrected chi connectivity index (χ4v) is 3.18. The second kappa shape index (κ2) is 6.58. The van der Waals surface area contributed by atoms with E-state index in [0.717, 1.165) is 52.1 Å². The second-order valence-electron chi connectivity index (χ2n) is 6.00. The van der Waals surface area contributed by atoms with Crippen molar-refractivity contribution < 1.29 is 14.1 Å². The van der Waals surface area contributed by atoms with Crippen LogP contribution >= 0.6 is 0 Å². The largest absolute Gasteiger partial charge is 0.380 e. The molecule has 116 valence electrons. The van der Waals surface area contributed by atoms with Crippen molar-refractivity contribution in [2.45, 2.75) is 32.2 Å². The highest BCUT2D eigenvalue weighted by Gasteiger charge is 2.27. The monoisotopic (exact) mass is 293 g/mol. The van der Waals surface area contributed by atoms with E-state index in [1.807, 2.05) is 0 Å². The number of ether oxygens (including phenoxy) is 1. The number of carbonyl (C=O) groups excluding carboxylic acids is 1. The molecule has 1 aromatic heterocycles. The molecule has 1 atom stereocenters. The summed E-state index contributed by atoms with van der Waals surface area (Å²) in [5.41, 5.74) is 0.538. The Morgan fingerprint density at radius 2 is 2.24 bits per heavy atom. The summed E-state index contributed by atoms with van der Waals surface area (Å²) < 4.78 is 10.4. The van der Waals surface area contributed by atoms with E-state index in [2.05, 4.69) is 15.4 Å². The number of likely N-dealkylation sites (tertiary alicyclic amines) is 1. The number of amides is 1. The number of hydrogen-bond donors (Lipinski definition) is 1. The van der Waals surface area contributed by atoms with Crippen molar-refractivity contribution in [3.8, 4) is 0 Å². The van der Waals surface area contributed by atoms with Crippen molar-refractivity contribution in [3.05, 3.63) is 17.5 Å². The second-order valence-corrected chi connectivity index (χ2v) is 6.00. The van der Waals surface area contributed by atoms with E-state index in [-0.39, 0.29) is 5.91 Å². The highest BCUT2D eigenvalue weighted by Crippen LogP contribution is 2.22. The summed E-state index contributed by atoms with van der Waals surface area (Å²) in [7, 11) is 0. The Labute approximate surface area is 124 Å². The van der Waals surface area contributed by atoms with Crippen molar-refractivity contribution in [1.82, 2.24) is 15.4 Å². The van der Waals surface area contributed by atoms with E-state index in [1.165, 1.54) is 6.20 Å². The molecule has 6 heteroatoms. The number of nitrogens with zero attached hydrogens (tertiary/aromatic N) is 2. The van der Waals surface area contributed by atoms with Crippen LogP contribution in [0.3, 0.4) is 0 Å². The SMILES string of the molecule is Cc1oncc1C(=O)NCC1CCN(C2CCOC2)CC1. The molecular formula is C15H23N3O3. The first-order valence-electron chi connectivity index (χ1n) is 7.75. The van der Waals surface area contributed by atoms with Crippen LogP contribution < -0.4 is 5.32 Å². The van der Waals surface area contributed by atoms with Gasteiger partial charge in [-0.25, -0.2) is 0 Å². The van der Waals surface area contributed by atoms with Crippen LogP contribution in [0.5, 0.6) is 0 Å². The Balaban J connectivity index is 1.41. The van der Waals surface area contributed by atoms with Gasteiger partial charge in [-0.1, -0.05) is 5.16 Å². The molecule has 2 aliphatic heterocycles. The maximum Gasteiger partial charge on any atom is 0.256 e. The standard InChI is InChI=1S/C15H23N3O3/c1-11-14(9-17-21-11)15(19)16-8-12-2-5-18(6-3-12)13-4-7-20-10-13/h9,12-13H,2-8,10H2,1H3,(H,16,19). The molecule has 3 rings (SSSR count). The quantitative estimate of drug-likeness (QED) is 0.904. The highest BCUT2D eigenvalue weighted by molar-refractivity contribution is 5.94. The number of aromatic nitrogens is 1. The molecule has 0 aliphatic carbocycles. The van der Waals surface area contributed by atoms with Gasteiger partial charge in [-0.2, -0.15) is 0 Å². The summed E-state index contributed by atoms with van der Waals surface area (Å²) in [4.78, 5) is 14.5. The van der Waals surface area contributed by atoms with Crippen LogP contribution in [-0.4, -0.2) is 54.9 Å². The van der Waals surface area contributed by atoms with Crippen LogP contribution in [0.1, 0.15) is 35.4 Å². The predicted octanol–water partition coefficient (Wildman–Crippen LogP) is 1.21. The summed E-state index contributed by atoms with van der Waals surface area (Å²) in [6, 6.07) is 0.611. The van der Waals surface area contributed by atoms with Gasteiger partial charge >= 0.3 is 0 Å². The molecule has 0 saturated carbocycles.